The van der Waals surface area contributed by atoms with Gasteiger partial charge in [0, 0.05) is 39.8 Å². The van der Waals surface area contributed by atoms with Crippen molar-refractivity contribution in [3.63, 3.8) is 0 Å². The topological polar surface area (TPSA) is 60.9 Å². The van der Waals surface area contributed by atoms with Gasteiger partial charge in [0.05, 0.1) is 10.9 Å². The molecule has 0 radical (unpaired) electrons. The first-order valence-corrected chi connectivity index (χ1v) is 11.0. The van der Waals surface area contributed by atoms with Crippen LogP contribution in [0, 0.1) is 5.82 Å². The number of rotatable bonds is 6. The predicted molar refractivity (Wildman–Crippen MR) is 109 cm³/mol. The largest absolute Gasteiger partial charge is 0.340 e. The number of piperazine rings is 1. The number of carbonyl (C=O) groups is 1. The summed E-state index contributed by atoms with van der Waals surface area (Å²) in [7, 11) is -1.97. The van der Waals surface area contributed by atoms with Gasteiger partial charge in [0.15, 0.2) is 0 Å². The predicted octanol–water partition coefficient (Wildman–Crippen LogP) is 2.18. The molecule has 1 atom stereocenters. The second-order valence-corrected chi connectivity index (χ2v) is 9.19. The van der Waals surface area contributed by atoms with Crippen LogP contribution in [0.15, 0.2) is 59.5 Å². The Labute approximate surface area is 171 Å². The molecule has 1 saturated heterocycles. The summed E-state index contributed by atoms with van der Waals surface area (Å²) in [6, 6.07) is 14.5. The minimum Gasteiger partial charge on any atom is -0.340 e. The summed E-state index contributed by atoms with van der Waals surface area (Å²) in [5.74, 6) is -0.583. The number of hydrogen-bond donors (Lipinski definition) is 0. The van der Waals surface area contributed by atoms with Crippen LogP contribution in [-0.2, 0) is 21.4 Å². The maximum Gasteiger partial charge on any atom is 0.243 e. The highest BCUT2D eigenvalue weighted by atomic mass is 32.2. The second-order valence-electron chi connectivity index (χ2n) is 7.25. The Bertz CT molecular complexity index is 945. The fourth-order valence-electron chi connectivity index (χ4n) is 3.52. The molecule has 0 spiro atoms. The van der Waals surface area contributed by atoms with E-state index in [2.05, 4.69) is 0 Å². The maximum atomic E-state index is 13.4. The van der Waals surface area contributed by atoms with Gasteiger partial charge in [-0.1, -0.05) is 36.4 Å². The normalized spacial score (nSPS) is 17.1. The summed E-state index contributed by atoms with van der Waals surface area (Å²) >= 11 is 0. The molecule has 1 aliphatic rings. The van der Waals surface area contributed by atoms with E-state index < -0.39 is 15.8 Å². The molecule has 6 nitrogen and oxygen atoms in total. The molecule has 1 heterocycles. The van der Waals surface area contributed by atoms with E-state index in [-0.39, 0.29) is 29.9 Å². The van der Waals surface area contributed by atoms with Gasteiger partial charge >= 0.3 is 0 Å². The molecule has 2 aromatic carbocycles. The number of likely N-dealkylation sites (N-methyl/N-ethyl adjacent to an activating group) is 1. The van der Waals surface area contributed by atoms with E-state index in [1.807, 2.05) is 42.2 Å². The zero-order chi connectivity index (χ0) is 21.0. The van der Waals surface area contributed by atoms with Gasteiger partial charge in [0.1, 0.15) is 5.82 Å². The first-order chi connectivity index (χ1) is 13.8. The Hall–Kier alpha value is -2.29. The molecule has 0 saturated carbocycles. The third-order valence-electron chi connectivity index (χ3n) is 5.25. The number of benzene rings is 2. The standard InChI is InChI=1S/C21H26FN3O3S/c1-17(21(26)23(2)16-18-7-4-3-5-8-18)24-11-13-25(14-12-24)29(27,28)20-10-6-9-19(22)15-20/h3-10,15,17H,11-14,16H2,1-2H3/t17-/m0/s1. The molecular weight excluding hydrogens is 393 g/mol. The van der Waals surface area contributed by atoms with Crippen LogP contribution in [0.5, 0.6) is 0 Å². The minimum atomic E-state index is -3.74. The van der Waals surface area contributed by atoms with E-state index in [0.717, 1.165) is 11.6 Å². The smallest absolute Gasteiger partial charge is 0.243 e. The number of nitrogens with zero attached hydrogens (tertiary/aromatic N) is 3. The molecule has 1 amide bonds. The highest BCUT2D eigenvalue weighted by Crippen LogP contribution is 2.19. The lowest BCUT2D eigenvalue weighted by molar-refractivity contribution is -0.136. The molecule has 3 rings (SSSR count). The summed E-state index contributed by atoms with van der Waals surface area (Å²) in [5.41, 5.74) is 1.06. The Balaban J connectivity index is 1.59. The quantitative estimate of drug-likeness (QED) is 0.720. The number of amides is 1. The summed E-state index contributed by atoms with van der Waals surface area (Å²) in [5, 5.41) is 0. The number of carbonyl (C=O) groups excluding carboxylic acids is 1. The van der Waals surface area contributed by atoms with Gasteiger partial charge in [0.25, 0.3) is 0 Å². The van der Waals surface area contributed by atoms with Crippen molar-refractivity contribution in [1.82, 2.24) is 14.1 Å². The van der Waals surface area contributed by atoms with Gasteiger partial charge in [0.2, 0.25) is 15.9 Å². The molecular formula is C21H26FN3O3S. The van der Waals surface area contributed by atoms with E-state index in [4.69, 9.17) is 0 Å². The fraction of sp³-hybridized carbons (Fsp3) is 0.381. The first-order valence-electron chi connectivity index (χ1n) is 9.57. The molecule has 0 bridgehead atoms. The highest BCUT2D eigenvalue weighted by molar-refractivity contribution is 7.89. The van der Waals surface area contributed by atoms with Crippen molar-refractivity contribution >= 4 is 15.9 Å². The van der Waals surface area contributed by atoms with E-state index in [0.29, 0.717) is 19.6 Å². The van der Waals surface area contributed by atoms with E-state index >= 15 is 0 Å². The molecule has 1 aliphatic heterocycles. The van der Waals surface area contributed by atoms with Gasteiger partial charge in [-0.05, 0) is 30.7 Å². The molecule has 156 valence electrons. The zero-order valence-electron chi connectivity index (χ0n) is 16.7. The molecule has 0 aliphatic carbocycles. The monoisotopic (exact) mass is 419 g/mol. The van der Waals surface area contributed by atoms with Crippen LogP contribution < -0.4 is 0 Å². The number of hydrogen-bond acceptors (Lipinski definition) is 4. The molecule has 0 unspecified atom stereocenters. The SMILES string of the molecule is C[C@@H](C(=O)N(C)Cc1ccccc1)N1CCN(S(=O)(=O)c2cccc(F)c2)CC1. The van der Waals surface area contributed by atoms with Gasteiger partial charge in [-0.15, -0.1) is 0 Å². The summed E-state index contributed by atoms with van der Waals surface area (Å²) in [4.78, 5) is 16.4. The lowest BCUT2D eigenvalue weighted by Crippen LogP contribution is -2.54. The van der Waals surface area contributed by atoms with Crippen molar-refractivity contribution in [2.24, 2.45) is 0 Å². The first kappa shape index (κ1) is 21.4. The Morgan fingerprint density at radius 2 is 1.72 bits per heavy atom. The number of sulfonamides is 1. The summed E-state index contributed by atoms with van der Waals surface area (Å²) in [6.45, 7) is 3.79. The molecule has 2 aromatic rings. The van der Waals surface area contributed by atoms with Crippen molar-refractivity contribution in [3.8, 4) is 0 Å². The maximum absolute atomic E-state index is 13.4. The molecule has 1 fully saturated rings. The Morgan fingerprint density at radius 3 is 2.34 bits per heavy atom. The van der Waals surface area contributed by atoms with Crippen LogP contribution in [0.1, 0.15) is 12.5 Å². The third-order valence-corrected chi connectivity index (χ3v) is 7.15. The summed E-state index contributed by atoms with van der Waals surface area (Å²) in [6.07, 6.45) is 0. The van der Waals surface area contributed by atoms with Crippen molar-refractivity contribution < 1.29 is 17.6 Å². The van der Waals surface area contributed by atoms with Crippen LogP contribution in [0.4, 0.5) is 4.39 Å². The molecule has 8 heteroatoms. The molecule has 0 N–H and O–H groups in total. The molecule has 0 aromatic heterocycles. The van der Waals surface area contributed by atoms with Crippen molar-refractivity contribution in [2.45, 2.75) is 24.4 Å². The lowest BCUT2D eigenvalue weighted by atomic mass is 10.2. The van der Waals surface area contributed by atoms with Crippen LogP contribution in [0.25, 0.3) is 0 Å². The van der Waals surface area contributed by atoms with E-state index in [9.17, 15) is 17.6 Å². The average molecular weight is 420 g/mol. The van der Waals surface area contributed by atoms with E-state index in [1.165, 1.54) is 22.5 Å². The lowest BCUT2D eigenvalue weighted by Gasteiger charge is -2.37. The van der Waals surface area contributed by atoms with Crippen molar-refractivity contribution in [3.05, 3.63) is 66.0 Å². The zero-order valence-corrected chi connectivity index (χ0v) is 17.5. The third kappa shape index (κ3) is 5.01. The minimum absolute atomic E-state index is 0.00436. The van der Waals surface area contributed by atoms with Gasteiger partial charge in [-0.2, -0.15) is 4.31 Å². The van der Waals surface area contributed by atoms with Crippen LogP contribution >= 0.6 is 0 Å². The van der Waals surface area contributed by atoms with E-state index in [1.54, 1.807) is 11.9 Å². The number of halogens is 1. The Kier molecular flexibility index (Phi) is 6.66. The van der Waals surface area contributed by atoms with Crippen molar-refractivity contribution in [2.75, 3.05) is 33.2 Å². The van der Waals surface area contributed by atoms with Crippen LogP contribution in [0.2, 0.25) is 0 Å². The van der Waals surface area contributed by atoms with Crippen LogP contribution in [-0.4, -0.2) is 67.7 Å². The van der Waals surface area contributed by atoms with Crippen molar-refractivity contribution in [1.29, 1.82) is 0 Å². The fourth-order valence-corrected chi connectivity index (χ4v) is 4.97. The second kappa shape index (κ2) is 9.02. The van der Waals surface area contributed by atoms with Gasteiger partial charge in [-0.25, -0.2) is 12.8 Å². The average Bonchev–Trinajstić information content (AvgIpc) is 2.73. The van der Waals surface area contributed by atoms with Crippen LogP contribution in [0.3, 0.4) is 0 Å². The highest BCUT2D eigenvalue weighted by Gasteiger charge is 2.32. The summed E-state index contributed by atoms with van der Waals surface area (Å²) < 4.78 is 40.2. The molecule has 29 heavy (non-hydrogen) atoms. The van der Waals surface area contributed by atoms with Gasteiger partial charge < -0.3 is 4.90 Å². The Morgan fingerprint density at radius 1 is 1.07 bits per heavy atom. The van der Waals surface area contributed by atoms with Gasteiger partial charge in [-0.3, -0.25) is 9.69 Å².